The van der Waals surface area contributed by atoms with Crippen LogP contribution in [0.4, 0.5) is 11.6 Å². The second kappa shape index (κ2) is 6.73. The molecule has 0 bridgehead atoms. The Balaban J connectivity index is 1.83. The van der Waals surface area contributed by atoms with Crippen LogP contribution < -0.4 is 10.6 Å². The van der Waals surface area contributed by atoms with Crippen LogP contribution in [-0.2, 0) is 0 Å². The van der Waals surface area contributed by atoms with Crippen LogP contribution in [0, 0.1) is 0 Å². The predicted octanol–water partition coefficient (Wildman–Crippen LogP) is 3.12. The minimum atomic E-state index is 0.541. The number of hydrogen-bond donors (Lipinski definition) is 2. The van der Waals surface area contributed by atoms with Crippen molar-refractivity contribution in [2.45, 2.75) is 19.3 Å². The second-order valence-electron chi connectivity index (χ2n) is 4.57. The number of benzene rings is 1. The Labute approximate surface area is 114 Å². The smallest absolute Gasteiger partial charge is 0.131 e. The molecular formula is C15H20N4. The van der Waals surface area contributed by atoms with E-state index in [0.29, 0.717) is 5.92 Å². The van der Waals surface area contributed by atoms with E-state index in [1.165, 1.54) is 5.56 Å². The highest BCUT2D eigenvalue weighted by Crippen LogP contribution is 2.18. The lowest BCUT2D eigenvalue weighted by Crippen LogP contribution is -2.07. The van der Waals surface area contributed by atoms with Gasteiger partial charge >= 0.3 is 0 Å². The van der Waals surface area contributed by atoms with Crippen LogP contribution in [0.25, 0.3) is 0 Å². The summed E-state index contributed by atoms with van der Waals surface area (Å²) < 4.78 is 0. The zero-order valence-electron chi connectivity index (χ0n) is 11.4. The van der Waals surface area contributed by atoms with Crippen molar-refractivity contribution in [1.29, 1.82) is 0 Å². The standard InChI is InChI=1S/C15H20N4/c1-12(13-6-4-3-5-7-13)8-9-17-15-10-14(16-2)18-11-19-15/h3-7,10-12H,8-9H2,1-2H3,(H2,16,17,18,19). The van der Waals surface area contributed by atoms with Crippen molar-refractivity contribution in [3.63, 3.8) is 0 Å². The van der Waals surface area contributed by atoms with Gasteiger partial charge in [0.25, 0.3) is 0 Å². The third-order valence-corrected chi connectivity index (χ3v) is 3.18. The molecule has 0 saturated heterocycles. The van der Waals surface area contributed by atoms with Gasteiger partial charge in [-0.1, -0.05) is 37.3 Å². The number of nitrogens with one attached hydrogen (secondary N) is 2. The average Bonchev–Trinajstić information content (AvgIpc) is 2.48. The van der Waals surface area contributed by atoms with Gasteiger partial charge in [0.1, 0.15) is 18.0 Å². The second-order valence-corrected chi connectivity index (χ2v) is 4.57. The number of hydrogen-bond acceptors (Lipinski definition) is 4. The summed E-state index contributed by atoms with van der Waals surface area (Å²) in [6.07, 6.45) is 2.64. The lowest BCUT2D eigenvalue weighted by atomic mass is 9.98. The fourth-order valence-electron chi connectivity index (χ4n) is 1.96. The summed E-state index contributed by atoms with van der Waals surface area (Å²) in [5.41, 5.74) is 1.38. The molecular weight excluding hydrogens is 236 g/mol. The van der Waals surface area contributed by atoms with Gasteiger partial charge in [-0.2, -0.15) is 0 Å². The Morgan fingerprint density at radius 2 is 1.84 bits per heavy atom. The van der Waals surface area contributed by atoms with Crippen LogP contribution in [0.1, 0.15) is 24.8 Å². The van der Waals surface area contributed by atoms with Crippen molar-refractivity contribution in [1.82, 2.24) is 9.97 Å². The maximum Gasteiger partial charge on any atom is 0.131 e. The third kappa shape index (κ3) is 3.95. The molecule has 1 aromatic carbocycles. The molecule has 2 rings (SSSR count). The van der Waals surface area contributed by atoms with Crippen LogP contribution in [0.3, 0.4) is 0 Å². The summed E-state index contributed by atoms with van der Waals surface area (Å²) in [6, 6.07) is 12.5. The highest BCUT2D eigenvalue weighted by molar-refractivity contribution is 5.45. The van der Waals surface area contributed by atoms with Gasteiger partial charge in [0.15, 0.2) is 0 Å². The maximum atomic E-state index is 4.19. The third-order valence-electron chi connectivity index (χ3n) is 3.18. The SMILES string of the molecule is CNc1cc(NCCC(C)c2ccccc2)ncn1. The lowest BCUT2D eigenvalue weighted by molar-refractivity contribution is 0.704. The van der Waals surface area contributed by atoms with E-state index in [4.69, 9.17) is 0 Å². The molecule has 0 aliphatic rings. The number of anilines is 2. The van der Waals surface area contributed by atoms with E-state index in [-0.39, 0.29) is 0 Å². The summed E-state index contributed by atoms with van der Waals surface area (Å²) in [5, 5.41) is 6.33. The number of aromatic nitrogens is 2. The van der Waals surface area contributed by atoms with E-state index in [9.17, 15) is 0 Å². The number of rotatable bonds is 6. The first kappa shape index (κ1) is 13.3. The minimum absolute atomic E-state index is 0.541. The monoisotopic (exact) mass is 256 g/mol. The molecule has 1 heterocycles. The van der Waals surface area contributed by atoms with Gasteiger partial charge in [-0.15, -0.1) is 0 Å². The van der Waals surface area contributed by atoms with E-state index in [1.807, 2.05) is 13.1 Å². The topological polar surface area (TPSA) is 49.8 Å². The van der Waals surface area contributed by atoms with Gasteiger partial charge in [0.2, 0.25) is 0 Å². The molecule has 4 heteroatoms. The Morgan fingerprint density at radius 1 is 1.11 bits per heavy atom. The van der Waals surface area contributed by atoms with Crippen molar-refractivity contribution in [2.24, 2.45) is 0 Å². The normalized spacial score (nSPS) is 11.9. The van der Waals surface area contributed by atoms with E-state index >= 15 is 0 Å². The van der Waals surface area contributed by atoms with E-state index < -0.39 is 0 Å². The Kier molecular flexibility index (Phi) is 4.72. The summed E-state index contributed by atoms with van der Waals surface area (Å²) in [4.78, 5) is 8.28. The van der Waals surface area contributed by atoms with Crippen molar-refractivity contribution in [2.75, 3.05) is 24.2 Å². The van der Waals surface area contributed by atoms with Crippen LogP contribution >= 0.6 is 0 Å². The first-order chi connectivity index (χ1) is 9.29. The number of nitrogens with zero attached hydrogens (tertiary/aromatic N) is 2. The van der Waals surface area contributed by atoms with Gasteiger partial charge in [-0.05, 0) is 17.9 Å². The zero-order chi connectivity index (χ0) is 13.5. The molecule has 100 valence electrons. The van der Waals surface area contributed by atoms with Crippen molar-refractivity contribution in [3.8, 4) is 0 Å². The van der Waals surface area contributed by atoms with E-state index in [1.54, 1.807) is 6.33 Å². The molecule has 0 radical (unpaired) electrons. The van der Waals surface area contributed by atoms with E-state index in [2.05, 4.69) is 57.9 Å². The first-order valence-corrected chi connectivity index (χ1v) is 6.58. The largest absolute Gasteiger partial charge is 0.373 e. The van der Waals surface area contributed by atoms with Crippen LogP contribution in [0.15, 0.2) is 42.7 Å². The quantitative estimate of drug-likeness (QED) is 0.833. The van der Waals surface area contributed by atoms with Crippen molar-refractivity contribution >= 4 is 11.6 Å². The Bertz CT molecular complexity index is 499. The molecule has 0 amide bonds. The maximum absolute atomic E-state index is 4.19. The molecule has 0 spiro atoms. The molecule has 0 aliphatic heterocycles. The zero-order valence-corrected chi connectivity index (χ0v) is 11.4. The van der Waals surface area contributed by atoms with Crippen LogP contribution in [0.5, 0.6) is 0 Å². The Hall–Kier alpha value is -2.10. The molecule has 0 saturated carbocycles. The van der Waals surface area contributed by atoms with Gasteiger partial charge in [-0.25, -0.2) is 9.97 Å². The molecule has 19 heavy (non-hydrogen) atoms. The summed E-state index contributed by atoms with van der Waals surface area (Å²) in [6.45, 7) is 3.15. The highest BCUT2D eigenvalue weighted by atomic mass is 15.0. The van der Waals surface area contributed by atoms with Gasteiger partial charge in [-0.3, -0.25) is 0 Å². The molecule has 1 atom stereocenters. The fraction of sp³-hybridized carbons (Fsp3) is 0.333. The van der Waals surface area contributed by atoms with Crippen LogP contribution in [-0.4, -0.2) is 23.6 Å². The van der Waals surface area contributed by atoms with Crippen molar-refractivity contribution < 1.29 is 0 Å². The average molecular weight is 256 g/mol. The first-order valence-electron chi connectivity index (χ1n) is 6.58. The predicted molar refractivity (Wildman–Crippen MR) is 79.5 cm³/mol. The van der Waals surface area contributed by atoms with Gasteiger partial charge in [0.05, 0.1) is 0 Å². The molecule has 0 fully saturated rings. The van der Waals surface area contributed by atoms with Crippen LogP contribution in [0.2, 0.25) is 0 Å². The molecule has 1 aromatic heterocycles. The Morgan fingerprint density at radius 3 is 2.58 bits per heavy atom. The molecule has 0 aliphatic carbocycles. The molecule has 2 N–H and O–H groups in total. The van der Waals surface area contributed by atoms with Gasteiger partial charge in [0, 0.05) is 19.7 Å². The summed E-state index contributed by atoms with van der Waals surface area (Å²) >= 11 is 0. The highest BCUT2D eigenvalue weighted by Gasteiger charge is 2.04. The molecule has 2 aromatic rings. The fourth-order valence-corrected chi connectivity index (χ4v) is 1.96. The lowest BCUT2D eigenvalue weighted by Gasteiger charge is -2.12. The molecule has 4 nitrogen and oxygen atoms in total. The minimum Gasteiger partial charge on any atom is -0.373 e. The molecule has 1 unspecified atom stereocenters. The van der Waals surface area contributed by atoms with Gasteiger partial charge < -0.3 is 10.6 Å². The summed E-state index contributed by atoms with van der Waals surface area (Å²) in [5.74, 6) is 2.23. The van der Waals surface area contributed by atoms with Crippen molar-refractivity contribution in [3.05, 3.63) is 48.3 Å². The van der Waals surface area contributed by atoms with E-state index in [0.717, 1.165) is 24.6 Å². The summed E-state index contributed by atoms with van der Waals surface area (Å²) in [7, 11) is 1.85.